The lowest BCUT2D eigenvalue weighted by Gasteiger charge is -2.20. The normalized spacial score (nSPS) is 12.9. The fraction of sp³-hybridized carbons (Fsp3) is 0.500. The minimum Gasteiger partial charge on any atom is -0.491 e. The Morgan fingerprint density at radius 3 is 2.32 bits per heavy atom. The van der Waals surface area contributed by atoms with Gasteiger partial charge >= 0.3 is 5.97 Å². The van der Waals surface area contributed by atoms with Crippen molar-refractivity contribution in [2.75, 3.05) is 13.2 Å². The van der Waals surface area contributed by atoms with E-state index in [9.17, 15) is 4.79 Å². The Hall–Kier alpha value is -2.36. The molecule has 0 unspecified atom stereocenters. The predicted molar refractivity (Wildman–Crippen MR) is 117 cm³/mol. The van der Waals surface area contributed by atoms with Crippen LogP contribution in [0.2, 0.25) is 0 Å². The van der Waals surface area contributed by atoms with Gasteiger partial charge in [0.05, 0.1) is 18.9 Å². The molecule has 1 aromatic heterocycles. The molecule has 0 N–H and O–H groups in total. The second-order valence-corrected chi connectivity index (χ2v) is 7.40. The lowest BCUT2D eigenvalue weighted by molar-refractivity contribution is -0.137. The summed E-state index contributed by atoms with van der Waals surface area (Å²) in [6.07, 6.45) is 7.37. The van der Waals surface area contributed by atoms with Crippen molar-refractivity contribution in [1.82, 2.24) is 4.98 Å². The van der Waals surface area contributed by atoms with E-state index in [-0.39, 0.29) is 11.9 Å². The zero-order valence-corrected chi connectivity index (χ0v) is 18.6. The first kappa shape index (κ1) is 23.7. The van der Waals surface area contributed by atoms with E-state index < -0.39 is 0 Å². The van der Waals surface area contributed by atoms with Crippen LogP contribution in [0.25, 0.3) is 5.57 Å². The van der Waals surface area contributed by atoms with Gasteiger partial charge in [0.25, 0.3) is 0 Å². The highest BCUT2D eigenvalue weighted by molar-refractivity contribution is 5.83. The highest BCUT2D eigenvalue weighted by Crippen LogP contribution is 2.35. The van der Waals surface area contributed by atoms with Crippen LogP contribution in [-0.4, -0.2) is 24.2 Å². The lowest BCUT2D eigenvalue weighted by atomic mass is 9.97. The molecule has 1 aromatic rings. The van der Waals surface area contributed by atoms with Crippen LogP contribution < -0.4 is 4.74 Å². The van der Waals surface area contributed by atoms with Crippen LogP contribution in [0.4, 0.5) is 0 Å². The van der Waals surface area contributed by atoms with Crippen molar-refractivity contribution < 1.29 is 14.3 Å². The molecule has 0 radical (unpaired) electrons. The van der Waals surface area contributed by atoms with Gasteiger partial charge in [0.2, 0.25) is 0 Å². The third-order valence-electron chi connectivity index (χ3n) is 4.21. The molecule has 0 aliphatic rings. The first-order chi connectivity index (χ1) is 13.2. The van der Waals surface area contributed by atoms with Gasteiger partial charge in [-0.15, -0.1) is 0 Å². The minimum atomic E-state index is -0.318. The molecular weight excluding hydrogens is 350 g/mol. The maximum atomic E-state index is 11.5. The van der Waals surface area contributed by atoms with E-state index in [0.717, 1.165) is 33.8 Å². The van der Waals surface area contributed by atoms with Crippen molar-refractivity contribution in [3.63, 3.8) is 0 Å². The molecule has 0 saturated carbocycles. The lowest BCUT2D eigenvalue weighted by Crippen LogP contribution is -2.07. The second kappa shape index (κ2) is 11.5. The van der Waals surface area contributed by atoms with E-state index in [1.165, 1.54) is 6.08 Å². The van der Waals surface area contributed by atoms with Crippen LogP contribution in [0, 0.1) is 0 Å². The predicted octanol–water partition coefficient (Wildman–Crippen LogP) is 6.20. The maximum Gasteiger partial charge on any atom is 0.330 e. The van der Waals surface area contributed by atoms with Crippen molar-refractivity contribution >= 4 is 11.5 Å². The van der Waals surface area contributed by atoms with Crippen LogP contribution in [0.5, 0.6) is 5.75 Å². The average molecular weight is 386 g/mol. The average Bonchev–Trinajstić information content (AvgIpc) is 2.61. The molecule has 0 saturated heterocycles. The molecule has 0 spiro atoms. The van der Waals surface area contributed by atoms with Crippen LogP contribution in [0.1, 0.15) is 84.2 Å². The Morgan fingerprint density at radius 2 is 1.79 bits per heavy atom. The third kappa shape index (κ3) is 6.99. The molecule has 0 atom stereocenters. The van der Waals surface area contributed by atoms with Gasteiger partial charge in [0.1, 0.15) is 5.75 Å². The van der Waals surface area contributed by atoms with Crippen LogP contribution in [-0.2, 0) is 9.53 Å². The van der Waals surface area contributed by atoms with Crippen molar-refractivity contribution in [1.29, 1.82) is 0 Å². The minimum absolute atomic E-state index is 0.275. The fourth-order valence-electron chi connectivity index (χ4n) is 2.70. The molecule has 0 aliphatic carbocycles. The third-order valence-corrected chi connectivity index (χ3v) is 4.21. The summed E-state index contributed by atoms with van der Waals surface area (Å²) in [6, 6.07) is 2.13. The first-order valence-electron chi connectivity index (χ1n) is 10.1. The number of carbonyl (C=O) groups excluding carboxylic acids is 1. The summed E-state index contributed by atoms with van der Waals surface area (Å²) in [7, 11) is 0. The molecule has 4 heteroatoms. The van der Waals surface area contributed by atoms with Crippen LogP contribution in [0.3, 0.4) is 0 Å². The Kier molecular flexibility index (Phi) is 9.70. The number of allylic oxidation sites excluding steroid dienone is 5. The zero-order valence-electron chi connectivity index (χ0n) is 18.6. The van der Waals surface area contributed by atoms with E-state index in [0.29, 0.717) is 19.1 Å². The van der Waals surface area contributed by atoms with Gasteiger partial charge < -0.3 is 9.47 Å². The number of ether oxygens (including phenoxy) is 2. The van der Waals surface area contributed by atoms with E-state index in [4.69, 9.17) is 14.5 Å². The Morgan fingerprint density at radius 1 is 1.11 bits per heavy atom. The maximum absolute atomic E-state index is 11.5. The molecule has 0 aliphatic heterocycles. The van der Waals surface area contributed by atoms with Crippen molar-refractivity contribution in [3.8, 4) is 5.75 Å². The molecule has 0 amide bonds. The number of carbonyl (C=O) groups is 1. The van der Waals surface area contributed by atoms with Crippen LogP contribution in [0.15, 0.2) is 35.9 Å². The van der Waals surface area contributed by atoms with Crippen molar-refractivity contribution in [3.05, 3.63) is 52.9 Å². The van der Waals surface area contributed by atoms with Gasteiger partial charge in [-0.2, -0.15) is 0 Å². The van der Waals surface area contributed by atoms with Gasteiger partial charge in [-0.1, -0.05) is 45.9 Å². The number of hydrogen-bond donors (Lipinski definition) is 0. The summed E-state index contributed by atoms with van der Waals surface area (Å²) >= 11 is 0. The van der Waals surface area contributed by atoms with Gasteiger partial charge in [-0.3, -0.25) is 4.98 Å². The van der Waals surface area contributed by atoms with Gasteiger partial charge in [0.15, 0.2) is 0 Å². The molecule has 4 nitrogen and oxygen atoms in total. The smallest absolute Gasteiger partial charge is 0.330 e. The number of hydrogen-bond acceptors (Lipinski definition) is 4. The topological polar surface area (TPSA) is 48.4 Å². The molecule has 1 heterocycles. The molecule has 0 fully saturated rings. The van der Waals surface area contributed by atoms with Gasteiger partial charge in [0, 0.05) is 17.3 Å². The highest BCUT2D eigenvalue weighted by Gasteiger charge is 2.18. The first-order valence-corrected chi connectivity index (χ1v) is 10.1. The molecule has 0 aromatic carbocycles. The van der Waals surface area contributed by atoms with Crippen molar-refractivity contribution in [2.24, 2.45) is 0 Å². The SMILES string of the molecule is CCOC(=O)C=C(C)/C=C/C=C(/C)c1cc(C(C)C)nc(C(C)C)c1OCC. The second-order valence-electron chi connectivity index (χ2n) is 7.40. The standard InChI is InChI=1S/C24H35NO3/c1-9-27-22(26)14-18(7)12-11-13-19(8)20-15-21(16(3)4)25-23(17(5)6)24(20)28-10-2/h11-17H,9-10H2,1-8H3/b12-11+,18-14?,19-13-. The number of rotatable bonds is 9. The molecule has 28 heavy (non-hydrogen) atoms. The Balaban J connectivity index is 3.30. The highest BCUT2D eigenvalue weighted by atomic mass is 16.5. The summed E-state index contributed by atoms with van der Waals surface area (Å²) in [5, 5.41) is 0. The van der Waals surface area contributed by atoms with E-state index in [1.807, 2.05) is 32.1 Å². The fourth-order valence-corrected chi connectivity index (χ4v) is 2.70. The van der Waals surface area contributed by atoms with Gasteiger partial charge in [-0.05, 0) is 56.7 Å². The monoisotopic (exact) mass is 385 g/mol. The number of aromatic nitrogens is 1. The van der Waals surface area contributed by atoms with E-state index in [2.05, 4.69) is 40.7 Å². The van der Waals surface area contributed by atoms with E-state index >= 15 is 0 Å². The van der Waals surface area contributed by atoms with Gasteiger partial charge in [-0.25, -0.2) is 4.79 Å². The quantitative estimate of drug-likeness (QED) is 0.289. The summed E-state index contributed by atoms with van der Waals surface area (Å²) in [5.74, 6) is 1.16. The Bertz CT molecular complexity index is 755. The Labute approximate surface area is 170 Å². The zero-order chi connectivity index (χ0) is 21.3. The number of nitrogens with zero attached hydrogens (tertiary/aromatic N) is 1. The summed E-state index contributed by atoms with van der Waals surface area (Å²) in [4.78, 5) is 16.4. The van der Waals surface area contributed by atoms with E-state index in [1.54, 1.807) is 6.92 Å². The van der Waals surface area contributed by atoms with Crippen LogP contribution >= 0.6 is 0 Å². The van der Waals surface area contributed by atoms with Crippen molar-refractivity contribution in [2.45, 2.75) is 67.2 Å². The number of pyridine rings is 1. The summed E-state index contributed by atoms with van der Waals surface area (Å²) in [5.41, 5.74) is 5.07. The summed E-state index contributed by atoms with van der Waals surface area (Å²) in [6.45, 7) is 17.3. The molecular formula is C24H35NO3. The molecule has 0 bridgehead atoms. The molecule has 1 rings (SSSR count). The largest absolute Gasteiger partial charge is 0.491 e. The number of esters is 1. The summed E-state index contributed by atoms with van der Waals surface area (Å²) < 4.78 is 10.9. The molecule has 154 valence electrons.